The molecule has 162 valence electrons. The Labute approximate surface area is 176 Å². The second-order valence-electron chi connectivity index (χ2n) is 7.08. The molecule has 1 aliphatic rings. The van der Waals surface area contributed by atoms with Crippen LogP contribution in [0.25, 0.3) is 0 Å². The number of hydrogen-bond acceptors (Lipinski definition) is 5. The second kappa shape index (κ2) is 10.7. The number of piperazine rings is 1. The third kappa shape index (κ3) is 5.76. The van der Waals surface area contributed by atoms with Crippen molar-refractivity contribution in [3.63, 3.8) is 0 Å². The Balaban J connectivity index is 1.35. The fourth-order valence-corrected chi connectivity index (χ4v) is 3.48. The van der Waals surface area contributed by atoms with Crippen molar-refractivity contribution >= 4 is 11.7 Å². The molecule has 0 aliphatic carbocycles. The van der Waals surface area contributed by atoms with E-state index in [2.05, 4.69) is 20.4 Å². The largest absolute Gasteiger partial charge is 0.493 e. The number of rotatable bonds is 8. The standard InChI is InChI=1S/C22H29FN4O3/c1-29-20-8-7-17(15-21(20)30-2)16-25-22(28)24-9-10-26-11-13-27(14-12-26)19-6-4-3-5-18(19)23/h3-8,15H,9-14,16H2,1-2H3,(H2,24,25,28). The number of carbonyl (C=O) groups excluding carboxylic acids is 1. The molecule has 8 heteroatoms. The lowest BCUT2D eigenvalue weighted by Crippen LogP contribution is -2.49. The van der Waals surface area contributed by atoms with Crippen LogP contribution in [0.1, 0.15) is 5.56 Å². The number of para-hydroxylation sites is 1. The normalized spacial score (nSPS) is 14.3. The lowest BCUT2D eigenvalue weighted by molar-refractivity contribution is 0.231. The molecule has 1 heterocycles. The summed E-state index contributed by atoms with van der Waals surface area (Å²) in [5.41, 5.74) is 1.58. The monoisotopic (exact) mass is 416 g/mol. The van der Waals surface area contributed by atoms with Gasteiger partial charge in [-0.15, -0.1) is 0 Å². The van der Waals surface area contributed by atoms with Crippen molar-refractivity contribution in [2.75, 3.05) is 58.4 Å². The molecule has 0 bridgehead atoms. The smallest absolute Gasteiger partial charge is 0.315 e. The van der Waals surface area contributed by atoms with E-state index < -0.39 is 0 Å². The van der Waals surface area contributed by atoms with Crippen LogP contribution in [0, 0.1) is 5.82 Å². The van der Waals surface area contributed by atoms with Crippen LogP contribution in [0.5, 0.6) is 11.5 Å². The Bertz CT molecular complexity index is 841. The van der Waals surface area contributed by atoms with Gasteiger partial charge in [0.05, 0.1) is 19.9 Å². The van der Waals surface area contributed by atoms with E-state index in [9.17, 15) is 9.18 Å². The van der Waals surface area contributed by atoms with Crippen LogP contribution in [-0.2, 0) is 6.54 Å². The van der Waals surface area contributed by atoms with E-state index in [-0.39, 0.29) is 11.8 Å². The predicted octanol–water partition coefficient (Wildman–Crippen LogP) is 2.46. The average molecular weight is 416 g/mol. The maximum Gasteiger partial charge on any atom is 0.315 e. The van der Waals surface area contributed by atoms with Crippen molar-refractivity contribution in [2.24, 2.45) is 0 Å². The van der Waals surface area contributed by atoms with Crippen LogP contribution in [0.4, 0.5) is 14.9 Å². The van der Waals surface area contributed by atoms with Gasteiger partial charge in [0.25, 0.3) is 0 Å². The predicted molar refractivity (Wildman–Crippen MR) is 115 cm³/mol. The van der Waals surface area contributed by atoms with Crippen LogP contribution < -0.4 is 25.0 Å². The van der Waals surface area contributed by atoms with E-state index in [1.807, 2.05) is 30.3 Å². The van der Waals surface area contributed by atoms with Crippen LogP contribution in [0.3, 0.4) is 0 Å². The Hall–Kier alpha value is -3.00. The number of ether oxygens (including phenoxy) is 2. The highest BCUT2D eigenvalue weighted by atomic mass is 19.1. The van der Waals surface area contributed by atoms with E-state index >= 15 is 0 Å². The van der Waals surface area contributed by atoms with Gasteiger partial charge in [-0.1, -0.05) is 18.2 Å². The minimum atomic E-state index is -0.213. The summed E-state index contributed by atoms with van der Waals surface area (Å²) in [6, 6.07) is 12.2. The summed E-state index contributed by atoms with van der Waals surface area (Å²) in [4.78, 5) is 16.4. The second-order valence-corrected chi connectivity index (χ2v) is 7.08. The highest BCUT2D eigenvalue weighted by Gasteiger charge is 2.19. The topological polar surface area (TPSA) is 66.1 Å². The molecule has 0 spiro atoms. The minimum Gasteiger partial charge on any atom is -0.493 e. The number of benzene rings is 2. The first-order valence-corrected chi connectivity index (χ1v) is 10.0. The zero-order chi connectivity index (χ0) is 21.3. The molecule has 1 aliphatic heterocycles. The number of nitrogens with one attached hydrogen (secondary N) is 2. The van der Waals surface area contributed by atoms with Crippen LogP contribution >= 0.6 is 0 Å². The number of urea groups is 1. The van der Waals surface area contributed by atoms with Crippen LogP contribution in [0.15, 0.2) is 42.5 Å². The van der Waals surface area contributed by atoms with Crippen LogP contribution in [0.2, 0.25) is 0 Å². The molecule has 0 saturated carbocycles. The van der Waals surface area contributed by atoms with Crippen LogP contribution in [-0.4, -0.2) is 64.4 Å². The minimum absolute atomic E-state index is 0.182. The maximum absolute atomic E-state index is 13.9. The summed E-state index contributed by atoms with van der Waals surface area (Å²) in [5.74, 6) is 1.10. The number of hydrogen-bond donors (Lipinski definition) is 2. The first-order chi connectivity index (χ1) is 14.6. The van der Waals surface area contributed by atoms with Crippen molar-refractivity contribution < 1.29 is 18.7 Å². The number of carbonyl (C=O) groups is 1. The number of methoxy groups -OCH3 is 2. The summed E-state index contributed by atoms with van der Waals surface area (Å²) < 4.78 is 24.4. The molecule has 0 unspecified atom stereocenters. The first kappa shape index (κ1) is 21.7. The van der Waals surface area contributed by atoms with E-state index in [1.165, 1.54) is 6.07 Å². The molecule has 0 radical (unpaired) electrons. The summed E-state index contributed by atoms with van der Waals surface area (Å²) >= 11 is 0. The molecule has 2 N–H and O–H groups in total. The Morgan fingerprint density at radius 3 is 2.43 bits per heavy atom. The fraction of sp³-hybridized carbons (Fsp3) is 0.409. The van der Waals surface area contributed by atoms with E-state index in [0.29, 0.717) is 30.3 Å². The molecule has 2 aromatic carbocycles. The van der Waals surface area contributed by atoms with Gasteiger partial charge >= 0.3 is 6.03 Å². The molecule has 3 rings (SSSR count). The van der Waals surface area contributed by atoms with Gasteiger partial charge in [0.2, 0.25) is 0 Å². The van der Waals surface area contributed by atoms with Crippen molar-refractivity contribution in [2.45, 2.75) is 6.54 Å². The Kier molecular flexibility index (Phi) is 7.73. The summed E-state index contributed by atoms with van der Waals surface area (Å²) in [7, 11) is 3.17. The summed E-state index contributed by atoms with van der Waals surface area (Å²) in [6.07, 6.45) is 0. The Morgan fingerprint density at radius 2 is 1.73 bits per heavy atom. The highest BCUT2D eigenvalue weighted by Crippen LogP contribution is 2.27. The van der Waals surface area contributed by atoms with Crippen molar-refractivity contribution in [1.29, 1.82) is 0 Å². The fourth-order valence-electron chi connectivity index (χ4n) is 3.48. The third-order valence-electron chi connectivity index (χ3n) is 5.18. The van der Waals surface area contributed by atoms with Gasteiger partial charge in [-0.2, -0.15) is 0 Å². The number of anilines is 1. The SMILES string of the molecule is COc1ccc(CNC(=O)NCCN2CCN(c3ccccc3F)CC2)cc1OC. The lowest BCUT2D eigenvalue weighted by atomic mass is 10.2. The highest BCUT2D eigenvalue weighted by molar-refractivity contribution is 5.73. The van der Waals surface area contributed by atoms with Gasteiger partial charge in [0.15, 0.2) is 11.5 Å². The zero-order valence-electron chi connectivity index (χ0n) is 17.5. The Morgan fingerprint density at radius 1 is 1.00 bits per heavy atom. The molecule has 1 fully saturated rings. The van der Waals surface area contributed by atoms with Crippen molar-refractivity contribution in [1.82, 2.24) is 15.5 Å². The molecule has 7 nitrogen and oxygen atoms in total. The molecule has 1 saturated heterocycles. The van der Waals surface area contributed by atoms with Gasteiger partial charge < -0.3 is 25.0 Å². The van der Waals surface area contributed by atoms with Crippen molar-refractivity contribution in [3.05, 3.63) is 53.8 Å². The zero-order valence-corrected chi connectivity index (χ0v) is 17.5. The molecule has 0 aromatic heterocycles. The van der Waals surface area contributed by atoms with Gasteiger partial charge in [-0.05, 0) is 29.8 Å². The lowest BCUT2D eigenvalue weighted by Gasteiger charge is -2.36. The summed E-state index contributed by atoms with van der Waals surface area (Å²) in [5, 5.41) is 5.73. The average Bonchev–Trinajstić information content (AvgIpc) is 2.78. The molecule has 2 amide bonds. The number of halogens is 1. The molecule has 2 aromatic rings. The number of amides is 2. The maximum atomic E-state index is 13.9. The van der Waals surface area contributed by atoms with Gasteiger partial charge in [0, 0.05) is 45.8 Å². The quantitative estimate of drug-likeness (QED) is 0.692. The van der Waals surface area contributed by atoms with Gasteiger partial charge in [-0.3, -0.25) is 4.90 Å². The molecule has 30 heavy (non-hydrogen) atoms. The van der Waals surface area contributed by atoms with Crippen molar-refractivity contribution in [3.8, 4) is 11.5 Å². The van der Waals surface area contributed by atoms with Gasteiger partial charge in [0.1, 0.15) is 5.82 Å². The van der Waals surface area contributed by atoms with Gasteiger partial charge in [-0.25, -0.2) is 9.18 Å². The summed E-state index contributed by atoms with van der Waals surface area (Å²) in [6.45, 7) is 4.92. The van der Waals surface area contributed by atoms with E-state index in [0.717, 1.165) is 38.3 Å². The van der Waals surface area contributed by atoms with E-state index in [4.69, 9.17) is 9.47 Å². The van der Waals surface area contributed by atoms with E-state index in [1.54, 1.807) is 20.3 Å². The molecule has 0 atom stereocenters. The molecular weight excluding hydrogens is 387 g/mol. The first-order valence-electron chi connectivity index (χ1n) is 10.0. The molecular formula is C22H29FN4O3. The third-order valence-corrected chi connectivity index (χ3v) is 5.18. The number of nitrogens with zero attached hydrogens (tertiary/aromatic N) is 2.